The maximum absolute atomic E-state index is 12.0. The van der Waals surface area contributed by atoms with Crippen LogP contribution < -0.4 is 15.0 Å². The van der Waals surface area contributed by atoms with Gasteiger partial charge in [0.15, 0.2) is 11.0 Å². The SMILES string of the molecule is C=C=C(Nc1nc2ccc(OC)nc2s1)N1CC2(CCN(C(C)=O)C2)c2cc(S)ccc21. The maximum Gasteiger partial charge on any atom is 0.219 e. The van der Waals surface area contributed by atoms with Crippen molar-refractivity contribution in [1.29, 1.82) is 0 Å². The second kappa shape index (κ2) is 7.85. The average Bonchev–Trinajstić information content (AvgIpc) is 3.47. The predicted octanol–water partition coefficient (Wildman–Crippen LogP) is 4.04. The van der Waals surface area contributed by atoms with Crippen LogP contribution in [0.25, 0.3) is 10.3 Å². The Morgan fingerprint density at radius 1 is 1.31 bits per heavy atom. The molecule has 1 N–H and O–H groups in total. The van der Waals surface area contributed by atoms with Crippen LogP contribution in [0.4, 0.5) is 10.8 Å². The lowest BCUT2D eigenvalue weighted by Gasteiger charge is -2.26. The maximum atomic E-state index is 12.0. The van der Waals surface area contributed by atoms with Crippen LogP contribution in [0.1, 0.15) is 18.9 Å². The van der Waals surface area contributed by atoms with Gasteiger partial charge in [0.05, 0.1) is 7.11 Å². The Morgan fingerprint density at radius 3 is 2.88 bits per heavy atom. The molecule has 0 bridgehead atoms. The third kappa shape index (κ3) is 3.43. The number of nitrogens with one attached hydrogen (secondary N) is 1. The number of anilines is 2. The Morgan fingerprint density at radius 2 is 2.16 bits per heavy atom. The van der Waals surface area contributed by atoms with Gasteiger partial charge in [-0.3, -0.25) is 4.79 Å². The molecule has 1 spiro atoms. The summed E-state index contributed by atoms with van der Waals surface area (Å²) < 4.78 is 5.22. The topological polar surface area (TPSA) is 70.6 Å². The van der Waals surface area contributed by atoms with Gasteiger partial charge in [-0.05, 0) is 36.2 Å². The summed E-state index contributed by atoms with van der Waals surface area (Å²) in [6.07, 6.45) is 0.905. The Hall–Kier alpha value is -3.00. The van der Waals surface area contributed by atoms with E-state index in [1.807, 2.05) is 17.0 Å². The largest absolute Gasteiger partial charge is 0.481 e. The first-order valence-electron chi connectivity index (χ1n) is 10.3. The Kier molecular flexibility index (Phi) is 5.12. The van der Waals surface area contributed by atoms with E-state index in [0.717, 1.165) is 46.3 Å². The van der Waals surface area contributed by atoms with Crippen LogP contribution in [0.5, 0.6) is 5.88 Å². The molecule has 1 unspecified atom stereocenters. The number of thiazole rings is 1. The molecule has 2 aliphatic heterocycles. The zero-order chi connectivity index (χ0) is 22.5. The van der Waals surface area contributed by atoms with Crippen molar-refractivity contribution in [1.82, 2.24) is 14.9 Å². The number of thiol groups is 1. The Balaban J connectivity index is 1.48. The lowest BCUT2D eigenvalue weighted by atomic mass is 9.81. The lowest BCUT2D eigenvalue weighted by Crippen LogP contribution is -2.38. The summed E-state index contributed by atoms with van der Waals surface area (Å²) in [7, 11) is 1.60. The summed E-state index contributed by atoms with van der Waals surface area (Å²) in [4.78, 5) is 27.0. The Bertz CT molecular complexity index is 1280. The molecule has 9 heteroatoms. The van der Waals surface area contributed by atoms with Crippen molar-refractivity contribution in [3.63, 3.8) is 0 Å². The van der Waals surface area contributed by atoms with E-state index in [0.29, 0.717) is 17.6 Å². The molecule has 2 aliphatic rings. The highest BCUT2D eigenvalue weighted by molar-refractivity contribution is 7.80. The number of amides is 1. The number of likely N-dealkylation sites (tertiary alicyclic amines) is 1. The molecule has 7 nitrogen and oxygen atoms in total. The molecule has 4 heterocycles. The number of aromatic nitrogens is 2. The highest BCUT2D eigenvalue weighted by Crippen LogP contribution is 2.48. The van der Waals surface area contributed by atoms with Gasteiger partial charge in [0.1, 0.15) is 10.3 Å². The van der Waals surface area contributed by atoms with Gasteiger partial charge in [-0.15, -0.1) is 12.6 Å². The van der Waals surface area contributed by atoms with Gasteiger partial charge in [0.25, 0.3) is 0 Å². The molecule has 3 aromatic rings. The molecule has 1 aromatic carbocycles. The average molecular weight is 466 g/mol. The number of benzene rings is 1. The highest BCUT2D eigenvalue weighted by Gasteiger charge is 2.48. The summed E-state index contributed by atoms with van der Waals surface area (Å²) >= 11 is 6.02. The van der Waals surface area contributed by atoms with Crippen LogP contribution in [-0.2, 0) is 10.2 Å². The van der Waals surface area contributed by atoms with Gasteiger partial charge < -0.3 is 19.9 Å². The number of hydrogen-bond acceptors (Lipinski definition) is 8. The van der Waals surface area contributed by atoms with E-state index in [2.05, 4.69) is 57.3 Å². The van der Waals surface area contributed by atoms with Gasteiger partial charge >= 0.3 is 0 Å². The van der Waals surface area contributed by atoms with E-state index in [4.69, 9.17) is 4.74 Å². The summed E-state index contributed by atoms with van der Waals surface area (Å²) in [5.74, 6) is 1.39. The molecule has 0 radical (unpaired) electrons. The third-order valence-electron chi connectivity index (χ3n) is 6.20. The number of fused-ring (bicyclic) bond motifs is 3. The van der Waals surface area contributed by atoms with Gasteiger partial charge in [0, 0.05) is 48.6 Å². The van der Waals surface area contributed by atoms with Crippen molar-refractivity contribution >= 4 is 51.0 Å². The van der Waals surface area contributed by atoms with Crippen molar-refractivity contribution in [2.75, 3.05) is 37.0 Å². The van der Waals surface area contributed by atoms with E-state index in [1.165, 1.54) is 16.9 Å². The number of pyridine rings is 1. The quantitative estimate of drug-likeness (QED) is 0.448. The van der Waals surface area contributed by atoms with E-state index in [-0.39, 0.29) is 11.3 Å². The molecule has 5 rings (SSSR count). The molecule has 1 amide bonds. The van der Waals surface area contributed by atoms with Gasteiger partial charge in [-0.1, -0.05) is 23.6 Å². The molecule has 1 atom stereocenters. The molecule has 1 saturated heterocycles. The zero-order valence-corrected chi connectivity index (χ0v) is 19.6. The standard InChI is InChI=1S/C23H23N5O2S2/c1-4-19(25-22-24-17-6-8-20(30-3)26-21(17)32-22)28-13-23(9-10-27(12-23)14(2)29)16-11-15(31)5-7-18(16)28/h5-8,11,31H,1,9-10,12-13H2,2-3H3,(H,24,25). The monoisotopic (exact) mass is 465 g/mol. The van der Waals surface area contributed by atoms with E-state index < -0.39 is 0 Å². The second-order valence-corrected chi connectivity index (χ2v) is 9.60. The third-order valence-corrected chi connectivity index (χ3v) is 7.36. The van der Waals surface area contributed by atoms with Crippen LogP contribution in [0.15, 0.2) is 53.4 Å². The summed E-state index contributed by atoms with van der Waals surface area (Å²) in [6, 6.07) is 9.87. The van der Waals surface area contributed by atoms with E-state index in [9.17, 15) is 4.79 Å². The smallest absolute Gasteiger partial charge is 0.219 e. The fourth-order valence-corrected chi connectivity index (χ4v) is 5.65. The van der Waals surface area contributed by atoms with Crippen LogP contribution in [-0.4, -0.2) is 47.5 Å². The normalized spacial score (nSPS) is 19.3. The van der Waals surface area contributed by atoms with Crippen LogP contribution >= 0.6 is 24.0 Å². The van der Waals surface area contributed by atoms with Crippen LogP contribution in [0.3, 0.4) is 0 Å². The number of ether oxygens (including phenoxy) is 1. The number of rotatable bonds is 4. The predicted molar refractivity (Wildman–Crippen MR) is 130 cm³/mol. The number of nitrogens with zero attached hydrogens (tertiary/aromatic N) is 4. The molecular weight excluding hydrogens is 442 g/mol. The lowest BCUT2D eigenvalue weighted by molar-refractivity contribution is -0.127. The Labute approximate surface area is 195 Å². The fraction of sp³-hybridized carbons (Fsp3) is 0.304. The number of methoxy groups -OCH3 is 1. The summed E-state index contributed by atoms with van der Waals surface area (Å²) in [6.45, 7) is 7.74. The first-order chi connectivity index (χ1) is 15.4. The highest BCUT2D eigenvalue weighted by atomic mass is 32.1. The van der Waals surface area contributed by atoms with Gasteiger partial charge in [-0.25, -0.2) is 9.97 Å². The summed E-state index contributed by atoms with van der Waals surface area (Å²) in [5.41, 5.74) is 5.99. The zero-order valence-electron chi connectivity index (χ0n) is 17.9. The molecular formula is C23H23N5O2S2. The van der Waals surface area contributed by atoms with E-state index >= 15 is 0 Å². The molecule has 1 fully saturated rings. The van der Waals surface area contributed by atoms with Crippen molar-refractivity contribution in [3.8, 4) is 5.88 Å². The van der Waals surface area contributed by atoms with Crippen molar-refractivity contribution in [2.45, 2.75) is 23.7 Å². The molecule has 2 aromatic heterocycles. The van der Waals surface area contributed by atoms with E-state index in [1.54, 1.807) is 20.1 Å². The minimum atomic E-state index is -0.147. The minimum absolute atomic E-state index is 0.110. The first kappa shape index (κ1) is 20.9. The molecule has 32 heavy (non-hydrogen) atoms. The molecule has 0 saturated carbocycles. The second-order valence-electron chi connectivity index (χ2n) is 8.11. The van der Waals surface area contributed by atoms with Crippen LogP contribution in [0.2, 0.25) is 0 Å². The molecule has 0 aliphatic carbocycles. The number of hydrogen-bond donors (Lipinski definition) is 2. The van der Waals surface area contributed by atoms with Crippen LogP contribution in [0, 0.1) is 0 Å². The van der Waals surface area contributed by atoms with Crippen molar-refractivity contribution in [3.05, 3.63) is 54.0 Å². The number of carbonyl (C=O) groups is 1. The fourth-order valence-electron chi connectivity index (χ4n) is 4.62. The number of carbonyl (C=O) groups excluding carboxylic acids is 1. The summed E-state index contributed by atoms with van der Waals surface area (Å²) in [5, 5.41) is 4.09. The van der Waals surface area contributed by atoms with Crippen molar-refractivity contribution < 1.29 is 9.53 Å². The van der Waals surface area contributed by atoms with Gasteiger partial charge in [-0.2, -0.15) is 0 Å². The van der Waals surface area contributed by atoms with Gasteiger partial charge in [0.2, 0.25) is 11.8 Å². The van der Waals surface area contributed by atoms with Crippen molar-refractivity contribution in [2.24, 2.45) is 0 Å². The molecule has 164 valence electrons. The minimum Gasteiger partial charge on any atom is -0.481 e. The first-order valence-corrected chi connectivity index (χ1v) is 11.5.